The molecule has 0 saturated carbocycles. The van der Waals surface area contributed by atoms with Crippen molar-refractivity contribution in [2.75, 3.05) is 25.1 Å². The molecule has 0 aliphatic carbocycles. The van der Waals surface area contributed by atoms with Crippen LogP contribution in [0, 0.1) is 23.5 Å². The third kappa shape index (κ3) is 3.66. The van der Waals surface area contributed by atoms with Crippen LogP contribution in [0.3, 0.4) is 0 Å². The molecule has 1 heterocycles. The highest BCUT2D eigenvalue weighted by Gasteiger charge is 2.23. The van der Waals surface area contributed by atoms with E-state index in [0.717, 1.165) is 4.90 Å². The van der Waals surface area contributed by atoms with Crippen molar-refractivity contribution in [3.63, 3.8) is 0 Å². The Hall–Kier alpha value is -2.31. The normalized spacial score (nSPS) is 10.6. The Morgan fingerprint density at radius 1 is 1.00 bits per heavy atom. The van der Waals surface area contributed by atoms with Crippen molar-refractivity contribution in [2.24, 2.45) is 0 Å². The minimum atomic E-state index is -1.67. The molecule has 0 aliphatic rings. The zero-order chi connectivity index (χ0) is 16.1. The molecule has 0 N–H and O–H groups in total. The molecule has 0 saturated heterocycles. The number of anilines is 1. The van der Waals surface area contributed by atoms with E-state index in [4.69, 9.17) is 4.74 Å². The van der Waals surface area contributed by atoms with Crippen LogP contribution < -0.4 is 9.64 Å². The highest BCUT2D eigenvalue weighted by molar-refractivity contribution is 5.47. The van der Waals surface area contributed by atoms with Crippen LogP contribution >= 0.6 is 0 Å². The van der Waals surface area contributed by atoms with Gasteiger partial charge in [0.05, 0.1) is 6.61 Å². The summed E-state index contributed by atoms with van der Waals surface area (Å²) in [5.41, 5.74) is -0.773. The second-order valence-corrected chi connectivity index (χ2v) is 4.61. The van der Waals surface area contributed by atoms with E-state index in [9.17, 15) is 17.6 Å². The third-order valence-corrected chi connectivity index (χ3v) is 3.01. The molecule has 7 heteroatoms. The lowest BCUT2D eigenvalue weighted by Gasteiger charge is -2.20. The summed E-state index contributed by atoms with van der Waals surface area (Å²) < 4.78 is 58.6. The van der Waals surface area contributed by atoms with Gasteiger partial charge in [0.1, 0.15) is 11.4 Å². The fourth-order valence-corrected chi connectivity index (χ4v) is 1.93. The number of pyridine rings is 1. The zero-order valence-corrected chi connectivity index (χ0v) is 11.8. The lowest BCUT2D eigenvalue weighted by molar-refractivity contribution is 0.312. The number of aromatic nitrogens is 1. The fourth-order valence-electron chi connectivity index (χ4n) is 1.93. The van der Waals surface area contributed by atoms with Crippen LogP contribution in [0.2, 0.25) is 0 Å². The molecule has 0 spiro atoms. The second-order valence-electron chi connectivity index (χ2n) is 4.61. The van der Waals surface area contributed by atoms with Gasteiger partial charge in [-0.15, -0.1) is 0 Å². The molecule has 1 aromatic carbocycles. The van der Waals surface area contributed by atoms with Gasteiger partial charge in [-0.05, 0) is 18.6 Å². The van der Waals surface area contributed by atoms with Gasteiger partial charge < -0.3 is 9.64 Å². The van der Waals surface area contributed by atoms with Crippen molar-refractivity contribution in [2.45, 2.75) is 6.42 Å². The summed E-state index contributed by atoms with van der Waals surface area (Å²) >= 11 is 0. The summed E-state index contributed by atoms with van der Waals surface area (Å²) in [4.78, 5) is 3.61. The Balaban J connectivity index is 1.94. The highest BCUT2D eigenvalue weighted by atomic mass is 19.2. The lowest BCUT2D eigenvalue weighted by atomic mass is 10.3. The van der Waals surface area contributed by atoms with Crippen LogP contribution in [0.1, 0.15) is 6.42 Å². The predicted octanol–water partition coefficient (Wildman–Crippen LogP) is 3.54. The van der Waals surface area contributed by atoms with Crippen LogP contribution in [0.5, 0.6) is 5.75 Å². The summed E-state index contributed by atoms with van der Waals surface area (Å²) in [5.74, 6) is -5.68. The quantitative estimate of drug-likeness (QED) is 0.463. The molecular formula is C15H14F4N2O. The van der Waals surface area contributed by atoms with Gasteiger partial charge in [0.2, 0.25) is 11.6 Å². The smallest absolute Gasteiger partial charge is 0.253 e. The molecule has 118 valence electrons. The number of rotatable bonds is 6. The van der Waals surface area contributed by atoms with Crippen molar-refractivity contribution in [1.29, 1.82) is 0 Å². The molecule has 0 amide bonds. The van der Waals surface area contributed by atoms with Gasteiger partial charge in [0.15, 0.2) is 0 Å². The van der Waals surface area contributed by atoms with Crippen LogP contribution in [0.25, 0.3) is 0 Å². The number of hydrogen-bond acceptors (Lipinski definition) is 3. The average molecular weight is 314 g/mol. The maximum Gasteiger partial charge on any atom is 0.253 e. The fraction of sp³-hybridized carbons (Fsp3) is 0.267. The monoisotopic (exact) mass is 314 g/mol. The SMILES string of the molecule is CN(CCCOc1ccccc1)c1c(F)c(F)nc(F)c1F. The molecule has 3 nitrogen and oxygen atoms in total. The van der Waals surface area contributed by atoms with Gasteiger partial charge in [-0.2, -0.15) is 22.5 Å². The van der Waals surface area contributed by atoms with Gasteiger partial charge in [0, 0.05) is 13.6 Å². The summed E-state index contributed by atoms with van der Waals surface area (Å²) in [6.07, 6.45) is 0.413. The molecule has 0 aliphatic heterocycles. The predicted molar refractivity (Wildman–Crippen MR) is 73.9 cm³/mol. The van der Waals surface area contributed by atoms with E-state index in [2.05, 4.69) is 4.98 Å². The van der Waals surface area contributed by atoms with Crippen molar-refractivity contribution >= 4 is 5.69 Å². The van der Waals surface area contributed by atoms with Gasteiger partial charge in [-0.1, -0.05) is 18.2 Å². The maximum atomic E-state index is 13.5. The zero-order valence-electron chi connectivity index (χ0n) is 11.8. The molecule has 0 unspecified atom stereocenters. The number of para-hydroxylation sites is 1. The maximum absolute atomic E-state index is 13.5. The highest BCUT2D eigenvalue weighted by Crippen LogP contribution is 2.25. The Kier molecular flexibility index (Phi) is 5.19. The van der Waals surface area contributed by atoms with Gasteiger partial charge in [-0.3, -0.25) is 0 Å². The molecule has 1 aromatic heterocycles. The minimum absolute atomic E-state index is 0.156. The van der Waals surface area contributed by atoms with E-state index in [1.807, 2.05) is 18.2 Å². The Bertz CT molecular complexity index is 611. The third-order valence-electron chi connectivity index (χ3n) is 3.01. The Morgan fingerprint density at radius 3 is 2.18 bits per heavy atom. The Labute approximate surface area is 125 Å². The second kappa shape index (κ2) is 7.11. The van der Waals surface area contributed by atoms with E-state index in [0.29, 0.717) is 18.8 Å². The summed E-state index contributed by atoms with van der Waals surface area (Å²) in [7, 11) is 1.34. The number of benzene rings is 1. The number of nitrogens with zero attached hydrogens (tertiary/aromatic N) is 2. The average Bonchev–Trinajstić information content (AvgIpc) is 2.51. The van der Waals surface area contributed by atoms with E-state index < -0.39 is 29.2 Å². The molecule has 0 radical (unpaired) electrons. The molecule has 0 atom stereocenters. The molecule has 22 heavy (non-hydrogen) atoms. The van der Waals surface area contributed by atoms with Crippen molar-refractivity contribution < 1.29 is 22.3 Å². The van der Waals surface area contributed by atoms with Crippen LogP contribution in [0.4, 0.5) is 23.2 Å². The topological polar surface area (TPSA) is 25.4 Å². The molecule has 0 bridgehead atoms. The van der Waals surface area contributed by atoms with E-state index in [1.165, 1.54) is 7.05 Å². The molecule has 2 rings (SSSR count). The van der Waals surface area contributed by atoms with Crippen molar-refractivity contribution in [1.82, 2.24) is 4.98 Å². The summed E-state index contributed by atoms with van der Waals surface area (Å²) in [6, 6.07) is 9.02. The van der Waals surface area contributed by atoms with E-state index in [-0.39, 0.29) is 6.54 Å². The van der Waals surface area contributed by atoms with E-state index >= 15 is 0 Å². The molecular weight excluding hydrogens is 300 g/mol. The van der Waals surface area contributed by atoms with Gasteiger partial charge in [0.25, 0.3) is 11.9 Å². The lowest BCUT2D eigenvalue weighted by Crippen LogP contribution is -2.24. The van der Waals surface area contributed by atoms with Gasteiger partial charge in [-0.25, -0.2) is 0 Å². The number of hydrogen-bond donors (Lipinski definition) is 0. The first kappa shape index (κ1) is 16.1. The first-order valence-corrected chi connectivity index (χ1v) is 6.59. The summed E-state index contributed by atoms with van der Waals surface area (Å²) in [6.45, 7) is 0.456. The Morgan fingerprint density at radius 2 is 1.59 bits per heavy atom. The van der Waals surface area contributed by atoms with Crippen molar-refractivity contribution in [3.8, 4) is 5.75 Å². The number of halogens is 4. The summed E-state index contributed by atoms with van der Waals surface area (Å²) in [5, 5.41) is 0. The number of ether oxygens (including phenoxy) is 1. The first-order chi connectivity index (χ1) is 10.5. The van der Waals surface area contributed by atoms with Gasteiger partial charge >= 0.3 is 0 Å². The van der Waals surface area contributed by atoms with E-state index in [1.54, 1.807) is 12.1 Å². The molecule has 0 fully saturated rings. The largest absolute Gasteiger partial charge is 0.494 e. The van der Waals surface area contributed by atoms with Crippen LogP contribution in [-0.4, -0.2) is 25.2 Å². The van der Waals surface area contributed by atoms with Crippen LogP contribution in [0.15, 0.2) is 30.3 Å². The first-order valence-electron chi connectivity index (χ1n) is 6.59. The van der Waals surface area contributed by atoms with Crippen molar-refractivity contribution in [3.05, 3.63) is 53.9 Å². The standard InChI is InChI=1S/C15H14F4N2O/c1-21(8-5-9-22-10-6-3-2-4-7-10)13-11(16)14(18)20-15(19)12(13)17/h2-4,6-7H,5,8-9H2,1H3. The molecule has 2 aromatic rings. The van der Waals surface area contributed by atoms with Crippen LogP contribution in [-0.2, 0) is 0 Å². The minimum Gasteiger partial charge on any atom is -0.494 e.